The number of rotatable bonds is 5. The summed E-state index contributed by atoms with van der Waals surface area (Å²) < 4.78 is 5.90. The lowest BCUT2D eigenvalue weighted by molar-refractivity contribution is -0.115. The highest BCUT2D eigenvalue weighted by atomic mass is 16.5. The molecule has 0 heterocycles. The predicted molar refractivity (Wildman–Crippen MR) is 85.7 cm³/mol. The molecule has 0 atom stereocenters. The van der Waals surface area contributed by atoms with E-state index >= 15 is 0 Å². The summed E-state index contributed by atoms with van der Waals surface area (Å²) in [7, 11) is 0. The molecule has 0 bridgehead atoms. The lowest BCUT2D eigenvalue weighted by Gasteiger charge is -2.20. The smallest absolute Gasteiger partial charge is 0.238 e. The van der Waals surface area contributed by atoms with Gasteiger partial charge in [-0.25, -0.2) is 0 Å². The first-order chi connectivity index (χ1) is 9.92. The Kier molecular flexibility index (Phi) is 5.23. The molecular weight excluding hydrogens is 264 g/mol. The molecule has 4 nitrogen and oxygen atoms in total. The number of hydrogen-bond donors (Lipinski definition) is 2. The zero-order chi connectivity index (χ0) is 15.3. The molecule has 1 fully saturated rings. The van der Waals surface area contributed by atoms with Gasteiger partial charge in [0.1, 0.15) is 5.75 Å². The van der Waals surface area contributed by atoms with E-state index in [0.29, 0.717) is 12.6 Å². The fraction of sp³-hybridized carbons (Fsp3) is 0.588. The van der Waals surface area contributed by atoms with E-state index in [0.717, 1.165) is 24.3 Å². The molecule has 0 aromatic heterocycles. The Bertz CT molecular complexity index is 457. The Balaban J connectivity index is 1.80. The van der Waals surface area contributed by atoms with Crippen molar-refractivity contribution < 1.29 is 9.53 Å². The number of nitrogens with one attached hydrogen (secondary N) is 2. The zero-order valence-corrected chi connectivity index (χ0v) is 13.2. The maximum atomic E-state index is 11.8. The molecule has 21 heavy (non-hydrogen) atoms. The van der Waals surface area contributed by atoms with Crippen LogP contribution in [0.15, 0.2) is 24.3 Å². The summed E-state index contributed by atoms with van der Waals surface area (Å²) in [6, 6.07) is 7.62. The number of anilines is 1. The number of amides is 1. The number of benzene rings is 1. The van der Waals surface area contributed by atoms with Crippen LogP contribution in [0.5, 0.6) is 5.75 Å². The minimum atomic E-state index is -0.0592. The molecule has 1 aromatic rings. The lowest BCUT2D eigenvalue weighted by Crippen LogP contribution is -2.41. The predicted octanol–water partition coefficient (Wildman–Crippen LogP) is 3.33. The molecular formula is C17H26N2O2. The molecule has 0 spiro atoms. The van der Waals surface area contributed by atoms with Crippen molar-refractivity contribution in [3.63, 3.8) is 0 Å². The normalized spacial score (nSPS) is 16.0. The van der Waals surface area contributed by atoms with Crippen LogP contribution in [-0.2, 0) is 4.79 Å². The zero-order valence-electron chi connectivity index (χ0n) is 13.2. The van der Waals surface area contributed by atoms with E-state index in [1.807, 2.05) is 45.0 Å². The second-order valence-corrected chi connectivity index (χ2v) is 6.70. The molecule has 1 amide bonds. The molecule has 0 aliphatic heterocycles. The van der Waals surface area contributed by atoms with Gasteiger partial charge in [0.05, 0.1) is 12.6 Å². The Morgan fingerprint density at radius 2 is 1.81 bits per heavy atom. The fourth-order valence-electron chi connectivity index (χ4n) is 2.37. The summed E-state index contributed by atoms with van der Waals surface area (Å²) in [6.45, 7) is 6.42. The van der Waals surface area contributed by atoms with Crippen LogP contribution in [0.25, 0.3) is 0 Å². The first-order valence-corrected chi connectivity index (χ1v) is 7.74. The largest absolute Gasteiger partial charge is 0.490 e. The molecule has 0 saturated heterocycles. The van der Waals surface area contributed by atoms with Crippen molar-refractivity contribution >= 4 is 11.6 Å². The summed E-state index contributed by atoms with van der Waals surface area (Å²) in [4.78, 5) is 11.8. The van der Waals surface area contributed by atoms with Gasteiger partial charge in [-0.15, -0.1) is 0 Å². The van der Waals surface area contributed by atoms with Crippen LogP contribution in [0.1, 0.15) is 46.5 Å². The maximum absolute atomic E-state index is 11.8. The van der Waals surface area contributed by atoms with Crippen molar-refractivity contribution in [1.82, 2.24) is 5.32 Å². The quantitative estimate of drug-likeness (QED) is 0.874. The average Bonchev–Trinajstić information content (AvgIpc) is 2.91. The molecule has 1 aromatic carbocycles. The van der Waals surface area contributed by atoms with Crippen molar-refractivity contribution in [2.24, 2.45) is 0 Å². The summed E-state index contributed by atoms with van der Waals surface area (Å²) in [5.74, 6) is 0.849. The highest BCUT2D eigenvalue weighted by molar-refractivity contribution is 5.92. The van der Waals surface area contributed by atoms with Gasteiger partial charge in [0.25, 0.3) is 0 Å². The van der Waals surface area contributed by atoms with Gasteiger partial charge in [-0.3, -0.25) is 4.79 Å². The van der Waals surface area contributed by atoms with Crippen LogP contribution in [0.4, 0.5) is 5.69 Å². The summed E-state index contributed by atoms with van der Waals surface area (Å²) in [6.07, 6.45) is 5.19. The van der Waals surface area contributed by atoms with E-state index in [-0.39, 0.29) is 11.4 Å². The van der Waals surface area contributed by atoms with Crippen LogP contribution in [0, 0.1) is 0 Å². The van der Waals surface area contributed by atoms with Gasteiger partial charge in [-0.2, -0.15) is 0 Å². The van der Waals surface area contributed by atoms with Crippen LogP contribution < -0.4 is 15.4 Å². The third kappa shape index (κ3) is 5.76. The summed E-state index contributed by atoms with van der Waals surface area (Å²) >= 11 is 0. The molecule has 1 saturated carbocycles. The third-order valence-corrected chi connectivity index (χ3v) is 3.52. The van der Waals surface area contributed by atoms with Gasteiger partial charge in [0.15, 0.2) is 0 Å². The van der Waals surface area contributed by atoms with E-state index in [2.05, 4.69) is 10.6 Å². The van der Waals surface area contributed by atoms with Gasteiger partial charge >= 0.3 is 0 Å². The van der Waals surface area contributed by atoms with Crippen molar-refractivity contribution in [1.29, 1.82) is 0 Å². The first-order valence-electron chi connectivity index (χ1n) is 7.74. The topological polar surface area (TPSA) is 50.4 Å². The van der Waals surface area contributed by atoms with Gasteiger partial charge < -0.3 is 15.4 Å². The van der Waals surface area contributed by atoms with Crippen molar-refractivity contribution in [3.05, 3.63) is 24.3 Å². The van der Waals surface area contributed by atoms with Gasteiger partial charge in [-0.1, -0.05) is 0 Å². The van der Waals surface area contributed by atoms with E-state index in [1.165, 1.54) is 12.8 Å². The Labute approximate surface area is 127 Å². The summed E-state index contributed by atoms with van der Waals surface area (Å²) in [5.41, 5.74) is 0.741. The first kappa shape index (κ1) is 15.8. The van der Waals surface area contributed by atoms with E-state index in [1.54, 1.807) is 0 Å². The maximum Gasteiger partial charge on any atom is 0.238 e. The minimum Gasteiger partial charge on any atom is -0.490 e. The molecule has 4 heteroatoms. The summed E-state index contributed by atoms with van der Waals surface area (Å²) in [5, 5.41) is 6.04. The second kappa shape index (κ2) is 6.94. The average molecular weight is 290 g/mol. The molecule has 2 rings (SSSR count). The van der Waals surface area contributed by atoms with Crippen molar-refractivity contribution in [2.45, 2.75) is 58.1 Å². The fourth-order valence-corrected chi connectivity index (χ4v) is 2.37. The monoisotopic (exact) mass is 290 g/mol. The van der Waals surface area contributed by atoms with E-state index in [9.17, 15) is 4.79 Å². The van der Waals surface area contributed by atoms with Crippen LogP contribution in [0.2, 0.25) is 0 Å². The van der Waals surface area contributed by atoms with Crippen LogP contribution in [0.3, 0.4) is 0 Å². The standard InChI is InChI=1S/C17H26N2O2/c1-17(2,3)18-12-16(20)19-13-8-10-15(11-9-13)21-14-6-4-5-7-14/h8-11,14,18H,4-7,12H2,1-3H3,(H,19,20). The SMILES string of the molecule is CC(C)(C)NCC(=O)Nc1ccc(OC2CCCC2)cc1. The number of carbonyl (C=O) groups is 1. The second-order valence-electron chi connectivity index (χ2n) is 6.70. The third-order valence-electron chi connectivity index (χ3n) is 3.52. The lowest BCUT2D eigenvalue weighted by atomic mass is 10.1. The van der Waals surface area contributed by atoms with Gasteiger partial charge in [0.2, 0.25) is 5.91 Å². The highest BCUT2D eigenvalue weighted by Gasteiger charge is 2.16. The Morgan fingerprint density at radius 1 is 1.19 bits per heavy atom. The molecule has 1 aliphatic carbocycles. The van der Waals surface area contributed by atoms with Crippen molar-refractivity contribution in [3.8, 4) is 5.75 Å². The number of ether oxygens (including phenoxy) is 1. The Hall–Kier alpha value is -1.55. The number of carbonyl (C=O) groups excluding carboxylic acids is 1. The molecule has 116 valence electrons. The van der Waals surface area contributed by atoms with Crippen LogP contribution in [-0.4, -0.2) is 24.1 Å². The van der Waals surface area contributed by atoms with E-state index in [4.69, 9.17) is 4.74 Å². The van der Waals surface area contributed by atoms with E-state index < -0.39 is 0 Å². The Morgan fingerprint density at radius 3 is 2.38 bits per heavy atom. The number of hydrogen-bond acceptors (Lipinski definition) is 3. The van der Waals surface area contributed by atoms with Gasteiger partial charge in [0, 0.05) is 11.2 Å². The minimum absolute atomic E-state index is 0.0330. The molecule has 0 unspecified atom stereocenters. The highest BCUT2D eigenvalue weighted by Crippen LogP contribution is 2.24. The molecule has 2 N–H and O–H groups in total. The van der Waals surface area contributed by atoms with Crippen LogP contribution >= 0.6 is 0 Å². The molecule has 1 aliphatic rings. The van der Waals surface area contributed by atoms with Crippen molar-refractivity contribution in [2.75, 3.05) is 11.9 Å². The molecule has 0 radical (unpaired) electrons. The van der Waals surface area contributed by atoms with Gasteiger partial charge in [-0.05, 0) is 70.7 Å².